The number of hydrogen-bond acceptors (Lipinski definition) is 4. The molecule has 7 heteroatoms. The highest BCUT2D eigenvalue weighted by Crippen LogP contribution is 2.21. The zero-order valence-electron chi connectivity index (χ0n) is 13.0. The highest BCUT2D eigenvalue weighted by molar-refractivity contribution is 6.35. The molecule has 5 nitrogen and oxygen atoms in total. The molecule has 1 saturated heterocycles. The number of carbonyl (C=O) groups excluding carboxylic acids is 1. The summed E-state index contributed by atoms with van der Waals surface area (Å²) in [4.78, 5) is 18.7. The smallest absolute Gasteiger partial charge is 0.258 e. The molecule has 0 bridgehead atoms. The second kappa shape index (κ2) is 7.94. The predicted molar refractivity (Wildman–Crippen MR) is 94.7 cm³/mol. The van der Waals surface area contributed by atoms with Crippen molar-refractivity contribution in [3.05, 3.63) is 57.8 Å². The zero-order valence-corrected chi connectivity index (χ0v) is 14.5. The van der Waals surface area contributed by atoms with Crippen LogP contribution in [0.5, 0.6) is 0 Å². The first-order valence-corrected chi connectivity index (χ1v) is 8.40. The zero-order chi connectivity index (χ0) is 16.9. The van der Waals surface area contributed by atoms with Gasteiger partial charge in [-0.1, -0.05) is 41.4 Å². The first-order valence-electron chi connectivity index (χ1n) is 7.65. The molecular weight excluding hydrogens is 349 g/mol. The summed E-state index contributed by atoms with van der Waals surface area (Å²) in [6.07, 6.45) is 0. The van der Waals surface area contributed by atoms with Crippen LogP contribution in [0.4, 0.5) is 5.69 Å². The lowest BCUT2D eigenvalue weighted by Gasteiger charge is -2.27. The number of carbonyl (C=O) groups is 1. The van der Waals surface area contributed by atoms with Crippen LogP contribution in [0.2, 0.25) is 10.3 Å². The van der Waals surface area contributed by atoms with E-state index >= 15 is 0 Å². The third-order valence-electron chi connectivity index (χ3n) is 3.82. The van der Waals surface area contributed by atoms with E-state index in [4.69, 9.17) is 27.9 Å². The van der Waals surface area contributed by atoms with Crippen molar-refractivity contribution < 1.29 is 9.53 Å². The molecule has 0 saturated carbocycles. The minimum atomic E-state index is -0.307. The normalized spacial score (nSPS) is 15.2. The number of benzene rings is 1. The molecule has 126 valence electrons. The van der Waals surface area contributed by atoms with Crippen molar-refractivity contribution in [1.82, 2.24) is 9.88 Å². The number of pyridine rings is 1. The van der Waals surface area contributed by atoms with Gasteiger partial charge in [-0.3, -0.25) is 9.69 Å². The average molecular weight is 366 g/mol. The molecule has 1 aliphatic rings. The molecule has 24 heavy (non-hydrogen) atoms. The Morgan fingerprint density at radius 2 is 1.92 bits per heavy atom. The summed E-state index contributed by atoms with van der Waals surface area (Å²) >= 11 is 11.8. The number of rotatable bonds is 4. The quantitative estimate of drug-likeness (QED) is 0.842. The van der Waals surface area contributed by atoms with E-state index in [1.807, 2.05) is 24.3 Å². The molecule has 0 unspecified atom stereocenters. The Morgan fingerprint density at radius 3 is 2.67 bits per heavy atom. The van der Waals surface area contributed by atoms with Gasteiger partial charge in [-0.2, -0.15) is 0 Å². The first kappa shape index (κ1) is 17.2. The SMILES string of the molecule is O=C(Nc1ccccc1CN1CCOCC1)c1ccc(Cl)nc1Cl. The van der Waals surface area contributed by atoms with Crippen LogP contribution in [-0.4, -0.2) is 42.1 Å². The van der Waals surface area contributed by atoms with Crippen molar-refractivity contribution >= 4 is 34.8 Å². The van der Waals surface area contributed by atoms with Crippen LogP contribution in [0, 0.1) is 0 Å². The number of amides is 1. The number of anilines is 1. The van der Waals surface area contributed by atoms with Gasteiger partial charge in [0.05, 0.1) is 18.8 Å². The van der Waals surface area contributed by atoms with Crippen LogP contribution in [0.3, 0.4) is 0 Å². The Kier molecular flexibility index (Phi) is 5.68. The number of ether oxygens (including phenoxy) is 1. The molecule has 0 spiro atoms. The molecule has 2 heterocycles. The third kappa shape index (κ3) is 4.24. The molecule has 0 radical (unpaired) electrons. The topological polar surface area (TPSA) is 54.5 Å². The Bertz CT molecular complexity index is 734. The summed E-state index contributed by atoms with van der Waals surface area (Å²) < 4.78 is 5.37. The number of aromatic nitrogens is 1. The van der Waals surface area contributed by atoms with E-state index in [0.29, 0.717) is 5.56 Å². The van der Waals surface area contributed by atoms with E-state index in [1.165, 1.54) is 0 Å². The van der Waals surface area contributed by atoms with Crippen molar-refractivity contribution in [2.24, 2.45) is 0 Å². The van der Waals surface area contributed by atoms with E-state index in [2.05, 4.69) is 15.2 Å². The number of para-hydroxylation sites is 1. The number of halogens is 2. The molecule has 1 fully saturated rings. The molecule has 1 aliphatic heterocycles. The molecule has 2 aromatic rings. The van der Waals surface area contributed by atoms with Gasteiger partial charge in [-0.25, -0.2) is 4.98 Å². The molecular formula is C17H17Cl2N3O2. The van der Waals surface area contributed by atoms with Crippen LogP contribution < -0.4 is 5.32 Å². The molecule has 1 aromatic carbocycles. The van der Waals surface area contributed by atoms with Crippen LogP contribution in [0.15, 0.2) is 36.4 Å². The van der Waals surface area contributed by atoms with E-state index in [-0.39, 0.29) is 16.2 Å². The lowest BCUT2D eigenvalue weighted by atomic mass is 10.1. The fourth-order valence-corrected chi connectivity index (χ4v) is 2.98. The Hall–Kier alpha value is -1.66. The second-order valence-corrected chi connectivity index (χ2v) is 6.22. The average Bonchev–Trinajstić information content (AvgIpc) is 2.57. The molecule has 1 N–H and O–H groups in total. The summed E-state index contributed by atoms with van der Waals surface area (Å²) in [6.45, 7) is 4.00. The van der Waals surface area contributed by atoms with Crippen molar-refractivity contribution in [2.75, 3.05) is 31.6 Å². The van der Waals surface area contributed by atoms with Crippen molar-refractivity contribution in [3.63, 3.8) is 0 Å². The molecule has 0 atom stereocenters. The van der Waals surface area contributed by atoms with Gasteiger partial charge < -0.3 is 10.1 Å². The predicted octanol–water partition coefficient (Wildman–Crippen LogP) is 3.47. The van der Waals surface area contributed by atoms with Gasteiger partial charge in [-0.15, -0.1) is 0 Å². The number of nitrogens with zero attached hydrogens (tertiary/aromatic N) is 2. The van der Waals surface area contributed by atoms with E-state index in [0.717, 1.165) is 44.1 Å². The van der Waals surface area contributed by atoms with Crippen LogP contribution in [0.1, 0.15) is 15.9 Å². The van der Waals surface area contributed by atoms with E-state index in [9.17, 15) is 4.79 Å². The minimum absolute atomic E-state index is 0.0886. The fourth-order valence-electron chi connectivity index (χ4n) is 2.55. The van der Waals surface area contributed by atoms with Gasteiger partial charge in [0, 0.05) is 25.3 Å². The van der Waals surface area contributed by atoms with Gasteiger partial charge in [-0.05, 0) is 23.8 Å². The number of hydrogen-bond donors (Lipinski definition) is 1. The first-order chi connectivity index (χ1) is 11.6. The van der Waals surface area contributed by atoms with Gasteiger partial charge >= 0.3 is 0 Å². The standard InChI is InChI=1S/C17H17Cl2N3O2/c18-15-6-5-13(16(19)21-15)17(23)20-14-4-2-1-3-12(14)11-22-7-9-24-10-8-22/h1-6H,7-11H2,(H,20,23). The Balaban J connectivity index is 1.75. The number of morpholine rings is 1. The summed E-state index contributed by atoms with van der Waals surface area (Å²) in [6, 6.07) is 10.8. The number of nitrogens with one attached hydrogen (secondary N) is 1. The van der Waals surface area contributed by atoms with Crippen molar-refractivity contribution in [2.45, 2.75) is 6.54 Å². The highest BCUT2D eigenvalue weighted by Gasteiger charge is 2.16. The van der Waals surface area contributed by atoms with Gasteiger partial charge in [0.1, 0.15) is 10.3 Å². The summed E-state index contributed by atoms with van der Waals surface area (Å²) in [5, 5.41) is 3.25. The van der Waals surface area contributed by atoms with Crippen LogP contribution in [-0.2, 0) is 11.3 Å². The summed E-state index contributed by atoms with van der Waals surface area (Å²) in [7, 11) is 0. The largest absolute Gasteiger partial charge is 0.379 e. The maximum atomic E-state index is 12.5. The lowest BCUT2D eigenvalue weighted by Crippen LogP contribution is -2.35. The minimum Gasteiger partial charge on any atom is -0.379 e. The molecule has 1 aromatic heterocycles. The molecule has 1 amide bonds. The fraction of sp³-hybridized carbons (Fsp3) is 0.294. The third-order valence-corrected chi connectivity index (χ3v) is 4.32. The summed E-state index contributed by atoms with van der Waals surface area (Å²) in [5.74, 6) is -0.307. The van der Waals surface area contributed by atoms with E-state index < -0.39 is 0 Å². The van der Waals surface area contributed by atoms with Crippen molar-refractivity contribution in [3.8, 4) is 0 Å². The highest BCUT2D eigenvalue weighted by atomic mass is 35.5. The van der Waals surface area contributed by atoms with Crippen molar-refractivity contribution in [1.29, 1.82) is 0 Å². The Morgan fingerprint density at radius 1 is 1.17 bits per heavy atom. The van der Waals surface area contributed by atoms with Crippen LogP contribution in [0.25, 0.3) is 0 Å². The Labute approximate surface area is 150 Å². The molecule has 0 aliphatic carbocycles. The lowest BCUT2D eigenvalue weighted by molar-refractivity contribution is 0.0342. The molecule has 3 rings (SSSR count). The van der Waals surface area contributed by atoms with Gasteiger partial charge in [0.15, 0.2) is 0 Å². The van der Waals surface area contributed by atoms with E-state index in [1.54, 1.807) is 12.1 Å². The maximum absolute atomic E-state index is 12.5. The monoisotopic (exact) mass is 365 g/mol. The van der Waals surface area contributed by atoms with Gasteiger partial charge in [0.25, 0.3) is 5.91 Å². The summed E-state index contributed by atoms with van der Waals surface area (Å²) in [5.41, 5.74) is 2.10. The maximum Gasteiger partial charge on any atom is 0.258 e. The van der Waals surface area contributed by atoms with Crippen LogP contribution >= 0.6 is 23.2 Å². The second-order valence-electron chi connectivity index (χ2n) is 5.47. The van der Waals surface area contributed by atoms with Gasteiger partial charge in [0.2, 0.25) is 0 Å².